The van der Waals surface area contributed by atoms with E-state index in [1.807, 2.05) is 0 Å². The summed E-state index contributed by atoms with van der Waals surface area (Å²) >= 11 is 6.12. The number of halogens is 1. The molecule has 0 amide bonds. The van der Waals surface area contributed by atoms with E-state index < -0.39 is 6.23 Å². The van der Waals surface area contributed by atoms with E-state index in [1.165, 1.54) is 0 Å². The minimum Gasteiger partial charge on any atom is -0.508 e. The van der Waals surface area contributed by atoms with Crippen LogP contribution in [-0.2, 0) is 6.42 Å². The molecule has 0 saturated carbocycles. The largest absolute Gasteiger partial charge is 0.508 e. The zero-order valence-electron chi connectivity index (χ0n) is 9.67. The molecule has 1 aromatic carbocycles. The van der Waals surface area contributed by atoms with E-state index in [0.717, 1.165) is 24.1 Å². The maximum absolute atomic E-state index is 10.1. The summed E-state index contributed by atoms with van der Waals surface area (Å²) in [5.74, 6) is 0.859. The number of phenolic OH excluding ortho intramolecular Hbond substituents is 1. The highest BCUT2D eigenvalue weighted by Gasteiger charge is 2.25. The summed E-state index contributed by atoms with van der Waals surface area (Å²) in [4.78, 5) is 4.33. The van der Waals surface area contributed by atoms with Crippen molar-refractivity contribution in [3.8, 4) is 17.1 Å². The quantitative estimate of drug-likeness (QED) is 0.833. The van der Waals surface area contributed by atoms with Gasteiger partial charge in [-0.25, -0.2) is 4.98 Å². The third-order valence-corrected chi connectivity index (χ3v) is 3.56. The van der Waals surface area contributed by atoms with Crippen LogP contribution in [0.5, 0.6) is 5.75 Å². The molecule has 0 aliphatic carbocycles. The molecule has 1 aliphatic heterocycles. The van der Waals surface area contributed by atoms with Crippen LogP contribution in [0.2, 0.25) is 5.15 Å². The number of nitrogens with zero attached hydrogens (tertiary/aromatic N) is 2. The van der Waals surface area contributed by atoms with E-state index >= 15 is 0 Å². The number of aliphatic hydroxyl groups excluding tert-OH is 1. The van der Waals surface area contributed by atoms with Crippen LogP contribution < -0.4 is 0 Å². The van der Waals surface area contributed by atoms with Gasteiger partial charge in [-0.3, -0.25) is 0 Å². The zero-order chi connectivity index (χ0) is 12.7. The van der Waals surface area contributed by atoms with Crippen LogP contribution in [0.1, 0.15) is 24.8 Å². The van der Waals surface area contributed by atoms with Crippen molar-refractivity contribution in [2.45, 2.75) is 25.5 Å². The highest BCUT2D eigenvalue weighted by Crippen LogP contribution is 2.34. The summed E-state index contributed by atoms with van der Waals surface area (Å²) < 4.78 is 1.79. The van der Waals surface area contributed by atoms with Crippen molar-refractivity contribution in [3.63, 3.8) is 0 Å². The summed E-state index contributed by atoms with van der Waals surface area (Å²) in [6.07, 6.45) is 1.89. The maximum atomic E-state index is 10.1. The third kappa shape index (κ3) is 1.78. The topological polar surface area (TPSA) is 58.3 Å². The van der Waals surface area contributed by atoms with Gasteiger partial charge < -0.3 is 14.8 Å². The van der Waals surface area contributed by atoms with Gasteiger partial charge in [0.15, 0.2) is 5.15 Å². The number of phenols is 1. The first-order valence-corrected chi connectivity index (χ1v) is 6.28. The Labute approximate surface area is 109 Å². The van der Waals surface area contributed by atoms with E-state index in [9.17, 15) is 10.2 Å². The lowest BCUT2D eigenvalue weighted by molar-refractivity contribution is 0.0807. The Bertz CT molecular complexity index is 577. The Balaban J connectivity index is 2.15. The number of aromatic hydroxyl groups is 1. The molecule has 0 radical (unpaired) electrons. The second-order valence-corrected chi connectivity index (χ2v) is 4.82. The highest BCUT2D eigenvalue weighted by atomic mass is 35.5. The molecule has 0 fully saturated rings. The molecule has 2 N–H and O–H groups in total. The molecule has 94 valence electrons. The molecular weight excluding hydrogens is 252 g/mol. The molecule has 0 spiro atoms. The Hall–Kier alpha value is -1.52. The molecule has 0 saturated heterocycles. The van der Waals surface area contributed by atoms with Gasteiger partial charge >= 0.3 is 0 Å². The summed E-state index contributed by atoms with van der Waals surface area (Å²) in [6, 6.07) is 6.73. The number of rotatable bonds is 1. The number of fused-ring (bicyclic) bond motifs is 1. The molecule has 1 atom stereocenters. The van der Waals surface area contributed by atoms with E-state index in [-0.39, 0.29) is 5.75 Å². The van der Waals surface area contributed by atoms with Gasteiger partial charge in [0.05, 0.1) is 5.69 Å². The lowest BCUT2D eigenvalue weighted by Gasteiger charge is -2.22. The van der Waals surface area contributed by atoms with Crippen LogP contribution in [0, 0.1) is 0 Å². The summed E-state index contributed by atoms with van der Waals surface area (Å²) in [6.45, 7) is 0. The van der Waals surface area contributed by atoms with Crippen molar-refractivity contribution < 1.29 is 10.2 Å². The summed E-state index contributed by atoms with van der Waals surface area (Å²) in [7, 11) is 0. The number of hydrogen-bond acceptors (Lipinski definition) is 3. The summed E-state index contributed by atoms with van der Waals surface area (Å²) in [5.41, 5.74) is 1.72. The standard InChI is InChI=1S/C13H13ClN2O2/c14-12-10-2-1-3-11(18)16(10)13(15-12)8-4-6-9(17)7-5-8/h4-7,11,17-18H,1-3H2. The Morgan fingerprint density at radius 3 is 2.72 bits per heavy atom. The van der Waals surface area contributed by atoms with Crippen molar-refractivity contribution in [2.75, 3.05) is 0 Å². The van der Waals surface area contributed by atoms with Crippen LogP contribution in [0.15, 0.2) is 24.3 Å². The van der Waals surface area contributed by atoms with Gasteiger partial charge in [-0.2, -0.15) is 0 Å². The minimum atomic E-state index is -0.572. The number of aliphatic hydroxyl groups is 1. The average Bonchev–Trinajstić information content (AvgIpc) is 2.70. The molecule has 1 aliphatic rings. The van der Waals surface area contributed by atoms with Crippen molar-refractivity contribution in [2.24, 2.45) is 0 Å². The molecule has 3 rings (SSSR count). The summed E-state index contributed by atoms with van der Waals surface area (Å²) in [5, 5.41) is 19.8. The lowest BCUT2D eigenvalue weighted by Crippen LogP contribution is -2.17. The van der Waals surface area contributed by atoms with Gasteiger partial charge in [-0.15, -0.1) is 0 Å². The lowest BCUT2D eigenvalue weighted by atomic mass is 10.1. The van der Waals surface area contributed by atoms with Gasteiger partial charge in [-0.05, 0) is 43.5 Å². The molecular formula is C13H13ClN2O2. The van der Waals surface area contributed by atoms with Crippen LogP contribution >= 0.6 is 11.6 Å². The number of hydrogen-bond donors (Lipinski definition) is 2. The molecule has 1 aromatic heterocycles. The predicted molar refractivity (Wildman–Crippen MR) is 68.5 cm³/mol. The minimum absolute atomic E-state index is 0.204. The maximum Gasteiger partial charge on any atom is 0.151 e. The number of imidazole rings is 1. The van der Waals surface area contributed by atoms with Crippen molar-refractivity contribution >= 4 is 11.6 Å². The van der Waals surface area contributed by atoms with Crippen LogP contribution in [0.4, 0.5) is 0 Å². The highest BCUT2D eigenvalue weighted by molar-refractivity contribution is 6.30. The van der Waals surface area contributed by atoms with Crippen molar-refractivity contribution in [1.29, 1.82) is 0 Å². The molecule has 18 heavy (non-hydrogen) atoms. The molecule has 5 heteroatoms. The first-order valence-electron chi connectivity index (χ1n) is 5.91. The first kappa shape index (κ1) is 11.6. The van der Waals surface area contributed by atoms with E-state index in [0.29, 0.717) is 17.4 Å². The Morgan fingerprint density at radius 2 is 2.00 bits per heavy atom. The fraction of sp³-hybridized carbons (Fsp3) is 0.308. The van der Waals surface area contributed by atoms with Gasteiger partial charge in [-0.1, -0.05) is 11.6 Å². The predicted octanol–water partition coefficient (Wildman–Crippen LogP) is 2.74. The smallest absolute Gasteiger partial charge is 0.151 e. The van der Waals surface area contributed by atoms with Gasteiger partial charge in [0.25, 0.3) is 0 Å². The number of benzene rings is 1. The SMILES string of the molecule is Oc1ccc(-c2nc(Cl)c3n2C(O)CCC3)cc1. The van der Waals surface area contributed by atoms with E-state index in [1.54, 1.807) is 28.8 Å². The van der Waals surface area contributed by atoms with Crippen LogP contribution in [0.3, 0.4) is 0 Å². The van der Waals surface area contributed by atoms with Crippen molar-refractivity contribution in [3.05, 3.63) is 35.1 Å². The fourth-order valence-corrected chi connectivity index (χ4v) is 2.64. The second kappa shape index (κ2) is 4.30. The molecule has 0 bridgehead atoms. The first-order chi connectivity index (χ1) is 8.66. The van der Waals surface area contributed by atoms with Gasteiger partial charge in [0.1, 0.15) is 17.8 Å². The fourth-order valence-electron chi connectivity index (χ4n) is 2.38. The molecule has 2 aromatic rings. The average molecular weight is 265 g/mol. The van der Waals surface area contributed by atoms with Crippen LogP contribution in [-0.4, -0.2) is 19.8 Å². The van der Waals surface area contributed by atoms with E-state index in [2.05, 4.69) is 4.98 Å². The molecule has 4 nitrogen and oxygen atoms in total. The molecule has 1 unspecified atom stereocenters. The Kier molecular flexibility index (Phi) is 2.76. The Morgan fingerprint density at radius 1 is 1.28 bits per heavy atom. The third-order valence-electron chi connectivity index (χ3n) is 3.26. The zero-order valence-corrected chi connectivity index (χ0v) is 10.4. The van der Waals surface area contributed by atoms with Crippen molar-refractivity contribution in [1.82, 2.24) is 9.55 Å². The monoisotopic (exact) mass is 264 g/mol. The van der Waals surface area contributed by atoms with Crippen LogP contribution in [0.25, 0.3) is 11.4 Å². The van der Waals surface area contributed by atoms with E-state index in [4.69, 9.17) is 11.6 Å². The second-order valence-electron chi connectivity index (χ2n) is 4.46. The normalized spacial score (nSPS) is 18.7. The number of aromatic nitrogens is 2. The van der Waals surface area contributed by atoms with Gasteiger partial charge in [0.2, 0.25) is 0 Å². The molecule has 2 heterocycles. The van der Waals surface area contributed by atoms with Gasteiger partial charge in [0, 0.05) is 5.56 Å².